The summed E-state index contributed by atoms with van der Waals surface area (Å²) in [6.45, 7) is 2.01. The largest absolute Gasteiger partial charge is 0.349 e. The van der Waals surface area contributed by atoms with Gasteiger partial charge in [0, 0.05) is 10.9 Å². The van der Waals surface area contributed by atoms with E-state index in [0.717, 1.165) is 27.7 Å². The maximum Gasteiger partial charge on any atom is 0.283 e. The van der Waals surface area contributed by atoms with Gasteiger partial charge in [-0.15, -0.1) is 0 Å². The van der Waals surface area contributed by atoms with Crippen LogP contribution in [-0.2, 0) is 0 Å². The summed E-state index contributed by atoms with van der Waals surface area (Å²) in [5.41, 5.74) is 3.97. The minimum absolute atomic E-state index is 0.140. The van der Waals surface area contributed by atoms with E-state index in [0.29, 0.717) is 10.3 Å². The molecule has 2 heterocycles. The Bertz CT molecular complexity index is 1120. The van der Waals surface area contributed by atoms with Crippen LogP contribution in [-0.4, -0.2) is 14.5 Å². The Balaban J connectivity index is 2.13. The number of para-hydroxylation sites is 1. The van der Waals surface area contributed by atoms with E-state index >= 15 is 0 Å². The summed E-state index contributed by atoms with van der Waals surface area (Å²) in [6, 6.07) is 15.5. The van der Waals surface area contributed by atoms with Crippen molar-refractivity contribution in [2.24, 2.45) is 0 Å². The molecule has 0 unspecified atom stereocenters. The van der Waals surface area contributed by atoms with Crippen molar-refractivity contribution in [3.63, 3.8) is 0 Å². The topological polar surface area (TPSA) is 53.6 Å². The van der Waals surface area contributed by atoms with E-state index in [1.54, 1.807) is 0 Å². The standard InChI is InChI=1S/C17H13N3OS/c1-10-6-8-11(9-7-10)20-16(21)15-14(19-17(20)22)12-4-2-3-5-13(12)18-15/h2-9,18H,1H3,(H,19,22). The molecule has 0 atom stereocenters. The first-order chi connectivity index (χ1) is 10.6. The molecule has 0 bridgehead atoms. The van der Waals surface area contributed by atoms with Crippen LogP contribution in [0.15, 0.2) is 53.3 Å². The highest BCUT2D eigenvalue weighted by Crippen LogP contribution is 2.21. The molecule has 0 radical (unpaired) electrons. The second kappa shape index (κ2) is 4.68. The van der Waals surface area contributed by atoms with Crippen LogP contribution in [0.2, 0.25) is 0 Å². The molecule has 0 amide bonds. The fourth-order valence-electron chi connectivity index (χ4n) is 2.73. The molecule has 2 aromatic carbocycles. The zero-order valence-electron chi connectivity index (χ0n) is 11.9. The number of benzene rings is 2. The molecular formula is C17H13N3OS. The van der Waals surface area contributed by atoms with Crippen molar-refractivity contribution in [3.8, 4) is 5.69 Å². The van der Waals surface area contributed by atoms with Gasteiger partial charge in [-0.1, -0.05) is 35.9 Å². The number of hydrogen-bond donors (Lipinski definition) is 2. The monoisotopic (exact) mass is 307 g/mol. The first-order valence-electron chi connectivity index (χ1n) is 6.98. The molecule has 0 aliphatic heterocycles. The lowest BCUT2D eigenvalue weighted by Crippen LogP contribution is -2.20. The fraction of sp³-hybridized carbons (Fsp3) is 0.0588. The SMILES string of the molecule is Cc1ccc(-n2c(=S)[nH]c3c([nH]c4ccccc43)c2=O)cc1. The Labute approximate surface area is 131 Å². The quantitative estimate of drug-likeness (QED) is 0.525. The average Bonchev–Trinajstić information content (AvgIpc) is 2.88. The minimum Gasteiger partial charge on any atom is -0.349 e. The van der Waals surface area contributed by atoms with Crippen LogP contribution in [0.25, 0.3) is 27.6 Å². The van der Waals surface area contributed by atoms with Crippen LogP contribution in [0.4, 0.5) is 0 Å². The molecule has 5 heteroatoms. The van der Waals surface area contributed by atoms with E-state index in [1.165, 1.54) is 4.57 Å². The molecule has 0 saturated heterocycles. The van der Waals surface area contributed by atoms with Gasteiger partial charge in [0.1, 0.15) is 5.52 Å². The molecule has 0 spiro atoms. The van der Waals surface area contributed by atoms with Gasteiger partial charge in [-0.05, 0) is 37.3 Å². The number of nitrogens with zero attached hydrogens (tertiary/aromatic N) is 1. The molecule has 108 valence electrons. The maximum absolute atomic E-state index is 12.8. The number of fused-ring (bicyclic) bond motifs is 3. The molecule has 0 aliphatic rings. The van der Waals surface area contributed by atoms with Crippen molar-refractivity contribution in [1.82, 2.24) is 14.5 Å². The fourth-order valence-corrected chi connectivity index (χ4v) is 3.02. The number of aromatic nitrogens is 3. The average molecular weight is 307 g/mol. The number of H-pyrrole nitrogens is 2. The Kier molecular flexibility index (Phi) is 2.77. The van der Waals surface area contributed by atoms with Gasteiger partial charge in [0.2, 0.25) is 0 Å². The van der Waals surface area contributed by atoms with Crippen molar-refractivity contribution >= 4 is 34.2 Å². The minimum atomic E-state index is -0.140. The van der Waals surface area contributed by atoms with Gasteiger partial charge >= 0.3 is 0 Å². The Morgan fingerprint density at radius 3 is 2.45 bits per heavy atom. The number of hydrogen-bond acceptors (Lipinski definition) is 2. The third-order valence-electron chi connectivity index (χ3n) is 3.85. The molecular weight excluding hydrogens is 294 g/mol. The summed E-state index contributed by atoms with van der Waals surface area (Å²) >= 11 is 5.40. The smallest absolute Gasteiger partial charge is 0.283 e. The third-order valence-corrected chi connectivity index (χ3v) is 4.13. The summed E-state index contributed by atoms with van der Waals surface area (Å²) in [5, 5.41) is 0.969. The summed E-state index contributed by atoms with van der Waals surface area (Å²) in [7, 11) is 0. The Morgan fingerprint density at radius 1 is 0.955 bits per heavy atom. The van der Waals surface area contributed by atoms with Crippen molar-refractivity contribution in [2.75, 3.05) is 0 Å². The zero-order valence-corrected chi connectivity index (χ0v) is 12.7. The van der Waals surface area contributed by atoms with Crippen LogP contribution >= 0.6 is 12.2 Å². The number of aryl methyl sites for hydroxylation is 1. The predicted molar refractivity (Wildman–Crippen MR) is 91.3 cm³/mol. The van der Waals surface area contributed by atoms with Gasteiger partial charge in [-0.25, -0.2) is 0 Å². The molecule has 0 fully saturated rings. The Hall–Kier alpha value is -2.66. The second-order valence-electron chi connectivity index (χ2n) is 5.33. The van der Waals surface area contributed by atoms with Crippen molar-refractivity contribution in [2.45, 2.75) is 6.92 Å². The highest BCUT2D eigenvalue weighted by Gasteiger charge is 2.12. The first kappa shape index (κ1) is 13.0. The lowest BCUT2D eigenvalue weighted by atomic mass is 10.2. The van der Waals surface area contributed by atoms with Crippen LogP contribution in [0, 0.1) is 11.7 Å². The Morgan fingerprint density at radius 2 is 1.68 bits per heavy atom. The molecule has 0 aliphatic carbocycles. The summed E-state index contributed by atoms with van der Waals surface area (Å²) in [5.74, 6) is 0. The lowest BCUT2D eigenvalue weighted by molar-refractivity contribution is 0.937. The normalized spacial score (nSPS) is 11.3. The zero-order chi connectivity index (χ0) is 15.3. The molecule has 4 aromatic rings. The highest BCUT2D eigenvalue weighted by atomic mass is 32.1. The van der Waals surface area contributed by atoms with Gasteiger partial charge in [0.05, 0.1) is 11.2 Å². The number of rotatable bonds is 1. The lowest BCUT2D eigenvalue weighted by Gasteiger charge is -2.06. The van der Waals surface area contributed by atoms with E-state index in [2.05, 4.69) is 9.97 Å². The van der Waals surface area contributed by atoms with Gasteiger partial charge in [-0.2, -0.15) is 0 Å². The molecule has 4 nitrogen and oxygen atoms in total. The van der Waals surface area contributed by atoms with Crippen molar-refractivity contribution in [3.05, 3.63) is 69.2 Å². The summed E-state index contributed by atoms with van der Waals surface area (Å²) in [6.07, 6.45) is 0. The third kappa shape index (κ3) is 1.83. The van der Waals surface area contributed by atoms with E-state index in [9.17, 15) is 4.79 Å². The van der Waals surface area contributed by atoms with E-state index in [-0.39, 0.29) is 5.56 Å². The van der Waals surface area contributed by atoms with Crippen LogP contribution in [0.1, 0.15) is 5.56 Å². The van der Waals surface area contributed by atoms with E-state index in [4.69, 9.17) is 12.2 Å². The van der Waals surface area contributed by atoms with E-state index < -0.39 is 0 Å². The van der Waals surface area contributed by atoms with Gasteiger partial charge < -0.3 is 9.97 Å². The maximum atomic E-state index is 12.8. The summed E-state index contributed by atoms with van der Waals surface area (Å²) in [4.78, 5) is 19.2. The summed E-state index contributed by atoms with van der Waals surface area (Å²) < 4.78 is 1.91. The molecule has 0 saturated carbocycles. The number of nitrogens with one attached hydrogen (secondary N) is 2. The molecule has 2 aromatic heterocycles. The van der Waals surface area contributed by atoms with Crippen LogP contribution in [0.3, 0.4) is 0 Å². The highest BCUT2D eigenvalue weighted by molar-refractivity contribution is 7.71. The second-order valence-corrected chi connectivity index (χ2v) is 5.71. The first-order valence-corrected chi connectivity index (χ1v) is 7.39. The van der Waals surface area contributed by atoms with Crippen LogP contribution < -0.4 is 5.56 Å². The van der Waals surface area contributed by atoms with Crippen molar-refractivity contribution in [1.29, 1.82) is 0 Å². The molecule has 2 N–H and O–H groups in total. The van der Waals surface area contributed by atoms with Gasteiger partial charge in [-0.3, -0.25) is 9.36 Å². The molecule has 4 rings (SSSR count). The predicted octanol–water partition coefficient (Wildman–Crippen LogP) is 3.84. The number of aromatic amines is 2. The molecule has 22 heavy (non-hydrogen) atoms. The van der Waals surface area contributed by atoms with Gasteiger partial charge in [0.15, 0.2) is 4.77 Å². The van der Waals surface area contributed by atoms with Crippen molar-refractivity contribution < 1.29 is 0 Å². The van der Waals surface area contributed by atoms with E-state index in [1.807, 2.05) is 55.5 Å². The van der Waals surface area contributed by atoms with Gasteiger partial charge in [0.25, 0.3) is 5.56 Å². The van der Waals surface area contributed by atoms with Crippen LogP contribution in [0.5, 0.6) is 0 Å².